The fraction of sp³-hybridized carbons (Fsp3) is 0.640. The Bertz CT molecular complexity index is 979. The number of carbonyl (C=O) groups excluding carboxylic acids is 1. The van der Waals surface area contributed by atoms with Crippen molar-refractivity contribution in [1.82, 2.24) is 15.0 Å². The van der Waals surface area contributed by atoms with Gasteiger partial charge in [-0.25, -0.2) is 4.79 Å². The molecule has 3 rings (SSSR count). The Morgan fingerprint density at radius 3 is 2.46 bits per heavy atom. The van der Waals surface area contributed by atoms with E-state index in [1.165, 1.54) is 23.5 Å². The Morgan fingerprint density at radius 2 is 1.80 bits per heavy atom. The number of amides is 1. The van der Waals surface area contributed by atoms with Gasteiger partial charge >= 0.3 is 12.3 Å². The van der Waals surface area contributed by atoms with Crippen LogP contribution >= 0.6 is 0 Å². The molecule has 1 aromatic carbocycles. The van der Waals surface area contributed by atoms with E-state index in [2.05, 4.69) is 17.1 Å². The fourth-order valence-electron chi connectivity index (χ4n) is 3.71. The minimum atomic E-state index is -4.58. The summed E-state index contributed by atoms with van der Waals surface area (Å²) in [6, 6.07) is 3.78. The number of hydrogen-bond acceptors (Lipinski definition) is 6. The normalized spacial score (nSPS) is 14.7. The van der Waals surface area contributed by atoms with E-state index in [1.807, 2.05) is 0 Å². The quantitative estimate of drug-likeness (QED) is 0.335. The third-order valence-corrected chi connectivity index (χ3v) is 5.62. The first-order valence-electron chi connectivity index (χ1n) is 12.1. The van der Waals surface area contributed by atoms with Crippen molar-refractivity contribution in [1.29, 1.82) is 0 Å². The third kappa shape index (κ3) is 7.60. The van der Waals surface area contributed by atoms with Crippen molar-refractivity contribution in [2.75, 3.05) is 19.7 Å². The fourth-order valence-corrected chi connectivity index (χ4v) is 3.71. The molecular formula is C25H34F3N3O4. The van der Waals surface area contributed by atoms with Crippen LogP contribution in [0, 0.1) is 0 Å². The number of carbonyl (C=O) groups is 1. The summed E-state index contributed by atoms with van der Waals surface area (Å²) >= 11 is 0. The molecule has 2 aromatic rings. The van der Waals surface area contributed by atoms with Crippen molar-refractivity contribution >= 4 is 6.09 Å². The van der Waals surface area contributed by atoms with Gasteiger partial charge in [0.2, 0.25) is 11.7 Å². The summed E-state index contributed by atoms with van der Waals surface area (Å²) in [5, 5.41) is 3.85. The summed E-state index contributed by atoms with van der Waals surface area (Å²) in [5.74, 6) is -0.0585. The highest BCUT2D eigenvalue weighted by atomic mass is 19.4. The number of benzene rings is 1. The van der Waals surface area contributed by atoms with Gasteiger partial charge in [-0.1, -0.05) is 44.2 Å². The molecule has 0 spiro atoms. The van der Waals surface area contributed by atoms with E-state index in [4.69, 9.17) is 14.0 Å². The van der Waals surface area contributed by atoms with Gasteiger partial charge in [0.05, 0.1) is 18.1 Å². The number of likely N-dealkylation sites (tertiary alicyclic amines) is 1. The third-order valence-electron chi connectivity index (χ3n) is 5.62. The smallest absolute Gasteiger partial charge is 0.419 e. The van der Waals surface area contributed by atoms with Crippen LogP contribution in [-0.4, -0.2) is 46.4 Å². The largest absolute Gasteiger partial charge is 0.493 e. The summed E-state index contributed by atoms with van der Waals surface area (Å²) in [7, 11) is 0. The summed E-state index contributed by atoms with van der Waals surface area (Å²) in [5.41, 5.74) is -1.28. The van der Waals surface area contributed by atoms with E-state index >= 15 is 0 Å². The lowest BCUT2D eigenvalue weighted by atomic mass is 10.0. The summed E-state index contributed by atoms with van der Waals surface area (Å²) in [4.78, 5) is 17.9. The van der Waals surface area contributed by atoms with E-state index in [0.29, 0.717) is 19.5 Å². The highest BCUT2D eigenvalue weighted by Crippen LogP contribution is 2.39. The van der Waals surface area contributed by atoms with Gasteiger partial charge in [0.15, 0.2) is 0 Å². The van der Waals surface area contributed by atoms with Crippen molar-refractivity contribution in [3.63, 3.8) is 0 Å². The van der Waals surface area contributed by atoms with Gasteiger partial charge in [0, 0.05) is 18.7 Å². The summed E-state index contributed by atoms with van der Waals surface area (Å²) in [6.07, 6.45) is 1.12. The SMILES string of the molecule is CCCCCCCCOc1ccc(-c2noc(C3CN(C(=O)OC(C)(C)C)C3)n2)cc1C(F)(F)F. The Balaban J connectivity index is 1.61. The average molecular weight is 498 g/mol. The van der Waals surface area contributed by atoms with Crippen LogP contribution in [0.4, 0.5) is 18.0 Å². The molecule has 0 bridgehead atoms. The predicted molar refractivity (Wildman–Crippen MR) is 124 cm³/mol. The van der Waals surface area contributed by atoms with Gasteiger partial charge in [-0.15, -0.1) is 0 Å². The monoisotopic (exact) mass is 497 g/mol. The Kier molecular flexibility index (Phi) is 8.66. The summed E-state index contributed by atoms with van der Waals surface area (Å²) in [6.45, 7) is 8.40. The number of unbranched alkanes of at least 4 members (excludes halogenated alkanes) is 5. The van der Waals surface area contributed by atoms with E-state index in [9.17, 15) is 18.0 Å². The standard InChI is InChI=1S/C25H34F3N3O4/c1-5-6-7-8-9-10-13-33-20-12-11-17(14-19(20)25(26,27)28)21-29-22(35-30-21)18-15-31(16-18)23(32)34-24(2,3)4/h11-12,14,18H,5-10,13,15-16H2,1-4H3. The maximum Gasteiger partial charge on any atom is 0.419 e. The van der Waals surface area contributed by atoms with Gasteiger partial charge in [-0.2, -0.15) is 18.2 Å². The molecule has 1 aliphatic rings. The molecule has 1 aliphatic heterocycles. The first-order valence-corrected chi connectivity index (χ1v) is 12.1. The van der Waals surface area contributed by atoms with Gasteiger partial charge in [0.25, 0.3) is 0 Å². The lowest BCUT2D eigenvalue weighted by molar-refractivity contribution is -0.138. The molecule has 0 N–H and O–H groups in total. The number of alkyl halides is 3. The number of aromatic nitrogens is 2. The Morgan fingerprint density at radius 1 is 1.11 bits per heavy atom. The van der Waals surface area contributed by atoms with Crippen molar-refractivity contribution < 1.29 is 32.0 Å². The predicted octanol–water partition coefficient (Wildman–Crippen LogP) is 6.83. The van der Waals surface area contributed by atoms with Crippen molar-refractivity contribution in [3.8, 4) is 17.1 Å². The zero-order valence-electron chi connectivity index (χ0n) is 20.8. The van der Waals surface area contributed by atoms with Crippen LogP contribution in [0.15, 0.2) is 22.7 Å². The van der Waals surface area contributed by atoms with E-state index in [-0.39, 0.29) is 35.6 Å². The highest BCUT2D eigenvalue weighted by molar-refractivity contribution is 5.69. The van der Waals surface area contributed by atoms with E-state index in [1.54, 1.807) is 20.8 Å². The first-order chi connectivity index (χ1) is 16.5. The molecule has 1 aromatic heterocycles. The molecule has 10 heteroatoms. The molecule has 0 radical (unpaired) electrons. The van der Waals surface area contributed by atoms with Gasteiger partial charge < -0.3 is 18.9 Å². The highest BCUT2D eigenvalue weighted by Gasteiger charge is 2.38. The minimum absolute atomic E-state index is 0.0590. The zero-order chi connectivity index (χ0) is 25.6. The maximum atomic E-state index is 13.7. The van der Waals surface area contributed by atoms with Crippen molar-refractivity contribution in [3.05, 3.63) is 29.7 Å². The Labute approximate surface area is 204 Å². The van der Waals surface area contributed by atoms with Gasteiger partial charge in [0.1, 0.15) is 11.4 Å². The van der Waals surface area contributed by atoms with Crippen LogP contribution < -0.4 is 4.74 Å². The molecule has 194 valence electrons. The van der Waals surface area contributed by atoms with Crippen LogP contribution in [0.5, 0.6) is 5.75 Å². The molecule has 1 amide bonds. The minimum Gasteiger partial charge on any atom is -0.493 e. The molecule has 7 nitrogen and oxygen atoms in total. The lowest BCUT2D eigenvalue weighted by Crippen LogP contribution is -2.50. The second-order valence-electron chi connectivity index (χ2n) is 9.86. The molecule has 0 saturated carbocycles. The van der Waals surface area contributed by atoms with Crippen LogP contribution in [0.3, 0.4) is 0 Å². The average Bonchev–Trinajstić information content (AvgIpc) is 3.19. The van der Waals surface area contributed by atoms with Crippen LogP contribution in [0.2, 0.25) is 0 Å². The van der Waals surface area contributed by atoms with Gasteiger partial charge in [-0.3, -0.25) is 0 Å². The van der Waals surface area contributed by atoms with E-state index in [0.717, 1.165) is 31.7 Å². The molecule has 35 heavy (non-hydrogen) atoms. The lowest BCUT2D eigenvalue weighted by Gasteiger charge is -2.37. The number of nitrogens with zero attached hydrogens (tertiary/aromatic N) is 3. The molecule has 2 heterocycles. The topological polar surface area (TPSA) is 77.7 Å². The molecule has 1 fully saturated rings. The molecule has 0 aliphatic carbocycles. The Hall–Kier alpha value is -2.78. The second-order valence-corrected chi connectivity index (χ2v) is 9.86. The number of hydrogen-bond donors (Lipinski definition) is 0. The van der Waals surface area contributed by atoms with Crippen molar-refractivity contribution in [2.24, 2.45) is 0 Å². The molecule has 0 atom stereocenters. The molecular weight excluding hydrogens is 463 g/mol. The van der Waals surface area contributed by atoms with Crippen LogP contribution in [0.25, 0.3) is 11.4 Å². The molecule has 0 unspecified atom stereocenters. The molecule has 1 saturated heterocycles. The van der Waals surface area contributed by atoms with E-state index < -0.39 is 23.4 Å². The maximum absolute atomic E-state index is 13.7. The second kappa shape index (κ2) is 11.3. The van der Waals surface area contributed by atoms with Crippen molar-refractivity contribution in [2.45, 2.75) is 83.9 Å². The number of rotatable bonds is 10. The van der Waals surface area contributed by atoms with Crippen LogP contribution in [0.1, 0.15) is 83.6 Å². The van der Waals surface area contributed by atoms with Crippen LogP contribution in [-0.2, 0) is 10.9 Å². The number of halogens is 3. The zero-order valence-corrected chi connectivity index (χ0v) is 20.8. The first kappa shape index (κ1) is 26.8. The summed E-state index contributed by atoms with van der Waals surface area (Å²) < 4.78 is 57.2. The van der Waals surface area contributed by atoms with Gasteiger partial charge in [-0.05, 0) is 45.4 Å². The number of ether oxygens (including phenoxy) is 2.